The molecule has 0 amide bonds. The fraction of sp³-hybridized carbons (Fsp3) is 1.00. The number of hydrogen-bond acceptors (Lipinski definition) is 4. The summed E-state index contributed by atoms with van der Waals surface area (Å²) < 4.78 is 22.7. The van der Waals surface area contributed by atoms with Crippen molar-refractivity contribution in [3.8, 4) is 0 Å². The standard InChI is InChI=1S/C9H19NO3S/c1-3-13-10-8-5-4-6-9(7-8)14(2,11)12/h8-10H,3-7H2,1-2H3. The van der Waals surface area contributed by atoms with Crippen LogP contribution >= 0.6 is 0 Å². The Hall–Kier alpha value is -0.130. The van der Waals surface area contributed by atoms with E-state index < -0.39 is 9.84 Å². The summed E-state index contributed by atoms with van der Waals surface area (Å²) in [7, 11) is -2.88. The first-order valence-corrected chi connectivity index (χ1v) is 7.05. The van der Waals surface area contributed by atoms with Crippen molar-refractivity contribution in [3.63, 3.8) is 0 Å². The number of hydrogen-bond donors (Lipinski definition) is 1. The van der Waals surface area contributed by atoms with Crippen molar-refractivity contribution < 1.29 is 13.3 Å². The summed E-state index contributed by atoms with van der Waals surface area (Å²) in [5.74, 6) is 0. The smallest absolute Gasteiger partial charge is 0.150 e. The van der Waals surface area contributed by atoms with E-state index >= 15 is 0 Å². The van der Waals surface area contributed by atoms with Crippen LogP contribution in [0.1, 0.15) is 32.6 Å². The zero-order valence-corrected chi connectivity index (χ0v) is 9.64. The Kier molecular flexibility index (Phi) is 4.34. The number of rotatable bonds is 4. The summed E-state index contributed by atoms with van der Waals surface area (Å²) in [4.78, 5) is 5.09. The molecule has 84 valence electrons. The van der Waals surface area contributed by atoms with Crippen LogP contribution in [0.5, 0.6) is 0 Å². The van der Waals surface area contributed by atoms with Gasteiger partial charge in [0.15, 0.2) is 0 Å². The quantitative estimate of drug-likeness (QED) is 0.716. The Morgan fingerprint density at radius 2 is 2.14 bits per heavy atom. The first-order valence-electron chi connectivity index (χ1n) is 5.10. The molecular formula is C9H19NO3S. The third-order valence-corrected chi connectivity index (χ3v) is 4.27. The van der Waals surface area contributed by atoms with Crippen molar-refractivity contribution in [1.29, 1.82) is 0 Å². The molecule has 0 spiro atoms. The average molecular weight is 221 g/mol. The highest BCUT2D eigenvalue weighted by molar-refractivity contribution is 7.91. The van der Waals surface area contributed by atoms with Gasteiger partial charge in [0.1, 0.15) is 9.84 Å². The van der Waals surface area contributed by atoms with Crippen LogP contribution in [0.2, 0.25) is 0 Å². The fourth-order valence-electron chi connectivity index (χ4n) is 1.84. The van der Waals surface area contributed by atoms with Crippen molar-refractivity contribution in [2.45, 2.75) is 43.9 Å². The molecular weight excluding hydrogens is 202 g/mol. The largest absolute Gasteiger partial charge is 0.302 e. The lowest BCUT2D eigenvalue weighted by atomic mass is 9.96. The van der Waals surface area contributed by atoms with Gasteiger partial charge in [-0.3, -0.25) is 0 Å². The lowest BCUT2D eigenvalue weighted by molar-refractivity contribution is 0.0157. The van der Waals surface area contributed by atoms with E-state index in [4.69, 9.17) is 4.84 Å². The number of hydroxylamine groups is 1. The zero-order chi connectivity index (χ0) is 10.6. The molecule has 1 rings (SSSR count). The third kappa shape index (κ3) is 3.55. The Morgan fingerprint density at radius 1 is 1.43 bits per heavy atom. The van der Waals surface area contributed by atoms with Gasteiger partial charge in [0.2, 0.25) is 0 Å². The second kappa shape index (κ2) is 5.09. The number of nitrogens with one attached hydrogen (secondary N) is 1. The van der Waals surface area contributed by atoms with Crippen molar-refractivity contribution in [2.75, 3.05) is 12.9 Å². The average Bonchev–Trinajstić information content (AvgIpc) is 2.14. The molecule has 0 aromatic heterocycles. The first kappa shape index (κ1) is 11.9. The molecule has 1 aliphatic carbocycles. The van der Waals surface area contributed by atoms with Crippen LogP contribution in [0, 0.1) is 0 Å². The zero-order valence-electron chi connectivity index (χ0n) is 8.82. The van der Waals surface area contributed by atoms with Crippen LogP contribution in [-0.2, 0) is 14.7 Å². The van der Waals surface area contributed by atoms with Gasteiger partial charge < -0.3 is 4.84 Å². The van der Waals surface area contributed by atoms with Crippen molar-refractivity contribution in [3.05, 3.63) is 0 Å². The molecule has 0 radical (unpaired) electrons. The second-order valence-electron chi connectivity index (χ2n) is 3.87. The van der Waals surface area contributed by atoms with E-state index in [1.807, 2.05) is 6.92 Å². The highest BCUT2D eigenvalue weighted by atomic mass is 32.2. The lowest BCUT2D eigenvalue weighted by Crippen LogP contribution is -2.38. The monoisotopic (exact) mass is 221 g/mol. The van der Waals surface area contributed by atoms with Gasteiger partial charge in [-0.2, -0.15) is 5.48 Å². The first-order chi connectivity index (χ1) is 6.54. The van der Waals surface area contributed by atoms with Crippen LogP contribution in [0.15, 0.2) is 0 Å². The Morgan fingerprint density at radius 3 is 2.71 bits per heavy atom. The Labute approximate surface area is 85.9 Å². The van der Waals surface area contributed by atoms with Crippen LogP contribution in [0.3, 0.4) is 0 Å². The van der Waals surface area contributed by atoms with E-state index in [9.17, 15) is 8.42 Å². The molecule has 0 aliphatic heterocycles. The van der Waals surface area contributed by atoms with Crippen molar-refractivity contribution in [1.82, 2.24) is 5.48 Å². The van der Waals surface area contributed by atoms with Gasteiger partial charge in [-0.15, -0.1) is 0 Å². The summed E-state index contributed by atoms with van der Waals surface area (Å²) in [6.45, 7) is 2.52. The SMILES string of the molecule is CCONC1CCCC(S(C)(=O)=O)C1. The van der Waals surface area contributed by atoms with Gasteiger partial charge in [-0.05, 0) is 26.2 Å². The summed E-state index contributed by atoms with van der Waals surface area (Å²) >= 11 is 0. The fourth-order valence-corrected chi connectivity index (χ4v) is 3.02. The predicted octanol–water partition coefficient (Wildman–Crippen LogP) is 0.883. The van der Waals surface area contributed by atoms with Crippen LogP contribution in [0.4, 0.5) is 0 Å². The van der Waals surface area contributed by atoms with Gasteiger partial charge in [0.25, 0.3) is 0 Å². The summed E-state index contributed by atoms with van der Waals surface area (Å²) in [5, 5.41) is -0.186. The van der Waals surface area contributed by atoms with Crippen molar-refractivity contribution in [2.24, 2.45) is 0 Å². The molecule has 4 nitrogen and oxygen atoms in total. The van der Waals surface area contributed by atoms with E-state index in [0.29, 0.717) is 13.0 Å². The highest BCUT2D eigenvalue weighted by Crippen LogP contribution is 2.23. The maximum atomic E-state index is 11.3. The van der Waals surface area contributed by atoms with Gasteiger partial charge in [0, 0.05) is 12.3 Å². The maximum absolute atomic E-state index is 11.3. The minimum atomic E-state index is -2.88. The van der Waals surface area contributed by atoms with E-state index in [1.165, 1.54) is 6.26 Å². The molecule has 0 aromatic carbocycles. The molecule has 2 unspecified atom stereocenters. The van der Waals surface area contributed by atoms with Gasteiger partial charge >= 0.3 is 0 Å². The van der Waals surface area contributed by atoms with E-state index in [0.717, 1.165) is 19.3 Å². The maximum Gasteiger partial charge on any atom is 0.150 e. The molecule has 0 saturated heterocycles. The van der Waals surface area contributed by atoms with Crippen LogP contribution < -0.4 is 5.48 Å². The van der Waals surface area contributed by atoms with E-state index in [2.05, 4.69) is 5.48 Å². The summed E-state index contributed by atoms with van der Waals surface area (Å²) in [6, 6.07) is 0.198. The highest BCUT2D eigenvalue weighted by Gasteiger charge is 2.28. The van der Waals surface area contributed by atoms with Crippen LogP contribution in [0.25, 0.3) is 0 Å². The Balaban J connectivity index is 2.44. The molecule has 1 fully saturated rings. The molecule has 0 heterocycles. The molecule has 5 heteroatoms. The third-order valence-electron chi connectivity index (χ3n) is 2.63. The lowest BCUT2D eigenvalue weighted by Gasteiger charge is -2.28. The molecule has 1 saturated carbocycles. The minimum absolute atomic E-state index is 0.186. The molecule has 0 bridgehead atoms. The van der Waals surface area contributed by atoms with Gasteiger partial charge in [0.05, 0.1) is 11.9 Å². The molecule has 0 aromatic rings. The van der Waals surface area contributed by atoms with Crippen molar-refractivity contribution >= 4 is 9.84 Å². The van der Waals surface area contributed by atoms with Gasteiger partial charge in [-0.25, -0.2) is 8.42 Å². The second-order valence-corrected chi connectivity index (χ2v) is 6.19. The minimum Gasteiger partial charge on any atom is -0.302 e. The van der Waals surface area contributed by atoms with Gasteiger partial charge in [-0.1, -0.05) is 6.42 Å². The topological polar surface area (TPSA) is 55.4 Å². The number of sulfone groups is 1. The summed E-state index contributed by atoms with van der Waals surface area (Å²) in [6.07, 6.45) is 4.76. The normalized spacial score (nSPS) is 29.0. The predicted molar refractivity (Wildman–Crippen MR) is 55.6 cm³/mol. The molecule has 14 heavy (non-hydrogen) atoms. The Bertz CT molecular complexity index is 263. The van der Waals surface area contributed by atoms with E-state index in [1.54, 1.807) is 0 Å². The molecule has 1 N–H and O–H groups in total. The molecule has 1 aliphatic rings. The summed E-state index contributed by atoms with van der Waals surface area (Å²) in [5.41, 5.74) is 2.91. The molecule has 2 atom stereocenters. The van der Waals surface area contributed by atoms with E-state index in [-0.39, 0.29) is 11.3 Å². The van der Waals surface area contributed by atoms with Crippen LogP contribution in [-0.4, -0.2) is 32.6 Å².